The molecule has 0 saturated carbocycles. The molecular weight excluding hydrogens is 209 g/mol. The molecule has 0 amide bonds. The van der Waals surface area contributed by atoms with Crippen LogP contribution in [0, 0.1) is 5.82 Å². The van der Waals surface area contributed by atoms with Gasteiger partial charge in [-0.3, -0.25) is 4.79 Å². The summed E-state index contributed by atoms with van der Waals surface area (Å²) in [5, 5.41) is 0. The van der Waals surface area contributed by atoms with E-state index in [-0.39, 0.29) is 22.9 Å². The number of rotatable bonds is 2. The van der Waals surface area contributed by atoms with E-state index >= 15 is 0 Å². The van der Waals surface area contributed by atoms with Crippen LogP contribution in [0.25, 0.3) is 0 Å². The monoisotopic (exact) mass is 217 g/mol. The summed E-state index contributed by atoms with van der Waals surface area (Å²) in [6, 6.07) is 5.64. The Morgan fingerprint density at radius 3 is 2.69 bits per heavy atom. The standard InChI is InChI=1S/C11H8FN3O/c12-7-3-4-9(15-6-7)10(16)8-2-1-5-14-11(8)13/h1-6H,(H2,13,14). The van der Waals surface area contributed by atoms with Crippen LogP contribution in [0.1, 0.15) is 16.1 Å². The van der Waals surface area contributed by atoms with E-state index in [2.05, 4.69) is 9.97 Å². The molecule has 0 aliphatic heterocycles. The van der Waals surface area contributed by atoms with Crippen molar-refractivity contribution >= 4 is 11.6 Å². The highest BCUT2D eigenvalue weighted by Gasteiger charge is 2.13. The zero-order valence-corrected chi connectivity index (χ0v) is 8.22. The maximum absolute atomic E-state index is 12.6. The van der Waals surface area contributed by atoms with Crippen molar-refractivity contribution in [2.45, 2.75) is 0 Å². The summed E-state index contributed by atoms with van der Waals surface area (Å²) in [7, 11) is 0. The number of carbonyl (C=O) groups excluding carboxylic acids is 1. The molecule has 2 aromatic rings. The number of halogens is 1. The predicted molar refractivity (Wildman–Crippen MR) is 56.3 cm³/mol. The van der Waals surface area contributed by atoms with Crippen LogP contribution in [0.5, 0.6) is 0 Å². The predicted octanol–water partition coefficient (Wildman–Crippen LogP) is 1.43. The Kier molecular flexibility index (Phi) is 2.59. The molecule has 2 rings (SSSR count). The topological polar surface area (TPSA) is 68.9 Å². The molecule has 0 spiro atoms. The Balaban J connectivity index is 2.40. The van der Waals surface area contributed by atoms with Gasteiger partial charge in [-0.1, -0.05) is 0 Å². The summed E-state index contributed by atoms with van der Waals surface area (Å²) < 4.78 is 12.6. The Labute approximate surface area is 91.0 Å². The first-order chi connectivity index (χ1) is 7.68. The van der Waals surface area contributed by atoms with Gasteiger partial charge in [0.2, 0.25) is 5.78 Å². The fourth-order valence-corrected chi connectivity index (χ4v) is 1.26. The number of hydrogen-bond donors (Lipinski definition) is 1. The van der Waals surface area contributed by atoms with Gasteiger partial charge in [0.15, 0.2) is 0 Å². The molecule has 2 N–H and O–H groups in total. The average Bonchev–Trinajstić information content (AvgIpc) is 2.30. The van der Waals surface area contributed by atoms with Gasteiger partial charge in [-0.15, -0.1) is 0 Å². The van der Waals surface area contributed by atoms with Gasteiger partial charge in [0.1, 0.15) is 17.3 Å². The molecule has 0 atom stereocenters. The van der Waals surface area contributed by atoms with Gasteiger partial charge >= 0.3 is 0 Å². The largest absolute Gasteiger partial charge is 0.383 e. The highest BCUT2D eigenvalue weighted by Crippen LogP contribution is 2.12. The van der Waals surface area contributed by atoms with Crippen molar-refractivity contribution in [1.29, 1.82) is 0 Å². The minimum absolute atomic E-state index is 0.138. The van der Waals surface area contributed by atoms with Crippen molar-refractivity contribution in [3.8, 4) is 0 Å². The van der Waals surface area contributed by atoms with Crippen molar-refractivity contribution in [2.75, 3.05) is 5.73 Å². The molecule has 2 heterocycles. The van der Waals surface area contributed by atoms with Crippen LogP contribution in [0.4, 0.5) is 10.2 Å². The summed E-state index contributed by atoms with van der Waals surface area (Å²) in [5.74, 6) is -0.722. The lowest BCUT2D eigenvalue weighted by molar-refractivity contribution is 0.103. The molecule has 0 radical (unpaired) electrons. The third-order valence-corrected chi connectivity index (χ3v) is 2.04. The molecule has 0 aliphatic carbocycles. The summed E-state index contributed by atoms with van der Waals surface area (Å²) in [6.07, 6.45) is 2.48. The fourth-order valence-electron chi connectivity index (χ4n) is 1.26. The van der Waals surface area contributed by atoms with Crippen LogP contribution in [-0.4, -0.2) is 15.8 Å². The highest BCUT2D eigenvalue weighted by molar-refractivity contribution is 6.10. The Hall–Kier alpha value is -2.30. The quantitative estimate of drug-likeness (QED) is 0.772. The maximum Gasteiger partial charge on any atom is 0.215 e. The van der Waals surface area contributed by atoms with Crippen LogP contribution >= 0.6 is 0 Å². The van der Waals surface area contributed by atoms with Gasteiger partial charge in [-0.25, -0.2) is 14.4 Å². The summed E-state index contributed by atoms with van der Waals surface area (Å²) in [4.78, 5) is 19.4. The third kappa shape index (κ3) is 1.88. The fraction of sp³-hybridized carbons (Fsp3) is 0. The van der Waals surface area contributed by atoms with Crippen molar-refractivity contribution < 1.29 is 9.18 Å². The van der Waals surface area contributed by atoms with E-state index in [0.717, 1.165) is 6.20 Å². The number of hydrogen-bond acceptors (Lipinski definition) is 4. The number of aromatic nitrogens is 2. The van der Waals surface area contributed by atoms with Gasteiger partial charge in [0, 0.05) is 6.20 Å². The molecule has 0 fully saturated rings. The van der Waals surface area contributed by atoms with E-state index in [4.69, 9.17) is 5.73 Å². The van der Waals surface area contributed by atoms with Crippen molar-refractivity contribution in [3.63, 3.8) is 0 Å². The molecule has 80 valence electrons. The van der Waals surface area contributed by atoms with E-state index in [9.17, 15) is 9.18 Å². The number of nitrogens with zero attached hydrogens (tertiary/aromatic N) is 2. The lowest BCUT2D eigenvalue weighted by Crippen LogP contribution is -2.08. The van der Waals surface area contributed by atoms with Crippen LogP contribution in [0.2, 0.25) is 0 Å². The van der Waals surface area contributed by atoms with E-state index in [0.29, 0.717) is 0 Å². The van der Waals surface area contributed by atoms with Crippen LogP contribution in [-0.2, 0) is 0 Å². The molecule has 4 nitrogen and oxygen atoms in total. The lowest BCUT2D eigenvalue weighted by atomic mass is 10.1. The van der Waals surface area contributed by atoms with E-state index in [1.54, 1.807) is 12.1 Å². The first-order valence-corrected chi connectivity index (χ1v) is 4.55. The molecule has 0 saturated heterocycles. The number of ketones is 1. The molecule has 5 heteroatoms. The Morgan fingerprint density at radius 1 is 1.25 bits per heavy atom. The molecule has 16 heavy (non-hydrogen) atoms. The second-order valence-corrected chi connectivity index (χ2v) is 3.13. The highest BCUT2D eigenvalue weighted by atomic mass is 19.1. The molecule has 0 bridgehead atoms. The SMILES string of the molecule is Nc1ncccc1C(=O)c1ccc(F)cn1. The van der Waals surface area contributed by atoms with Gasteiger partial charge in [0.25, 0.3) is 0 Å². The zero-order chi connectivity index (χ0) is 11.5. The number of pyridine rings is 2. The van der Waals surface area contributed by atoms with Crippen molar-refractivity contribution in [1.82, 2.24) is 9.97 Å². The molecule has 0 unspecified atom stereocenters. The van der Waals surface area contributed by atoms with Crippen LogP contribution in [0.3, 0.4) is 0 Å². The minimum atomic E-state index is -0.490. The zero-order valence-electron chi connectivity index (χ0n) is 8.22. The minimum Gasteiger partial charge on any atom is -0.383 e. The van der Waals surface area contributed by atoms with Crippen molar-refractivity contribution in [3.05, 3.63) is 53.7 Å². The van der Waals surface area contributed by atoms with Gasteiger partial charge in [-0.05, 0) is 24.3 Å². The lowest BCUT2D eigenvalue weighted by Gasteiger charge is -2.02. The van der Waals surface area contributed by atoms with Gasteiger partial charge in [-0.2, -0.15) is 0 Å². The van der Waals surface area contributed by atoms with E-state index in [1.807, 2.05) is 0 Å². The number of carbonyl (C=O) groups is 1. The molecular formula is C11H8FN3O. The van der Waals surface area contributed by atoms with E-state index < -0.39 is 5.82 Å². The molecule has 0 aliphatic rings. The Bertz CT molecular complexity index is 525. The van der Waals surface area contributed by atoms with E-state index in [1.165, 1.54) is 18.3 Å². The molecule has 2 aromatic heterocycles. The second-order valence-electron chi connectivity index (χ2n) is 3.13. The normalized spacial score (nSPS) is 10.1. The Morgan fingerprint density at radius 2 is 2.06 bits per heavy atom. The maximum atomic E-state index is 12.6. The average molecular weight is 217 g/mol. The number of anilines is 1. The summed E-state index contributed by atoms with van der Waals surface area (Å²) >= 11 is 0. The number of nitrogen functional groups attached to an aromatic ring is 1. The van der Waals surface area contributed by atoms with Gasteiger partial charge in [0.05, 0.1) is 11.8 Å². The summed E-state index contributed by atoms with van der Waals surface area (Å²) in [6.45, 7) is 0. The first-order valence-electron chi connectivity index (χ1n) is 4.55. The van der Waals surface area contributed by atoms with Gasteiger partial charge < -0.3 is 5.73 Å². The third-order valence-electron chi connectivity index (χ3n) is 2.04. The first kappa shape index (κ1) is 10.2. The molecule has 0 aromatic carbocycles. The number of nitrogens with two attached hydrogens (primary N) is 1. The smallest absolute Gasteiger partial charge is 0.215 e. The van der Waals surface area contributed by atoms with Crippen LogP contribution < -0.4 is 5.73 Å². The summed E-state index contributed by atoms with van der Waals surface area (Å²) in [5.41, 5.74) is 5.96. The second kappa shape index (κ2) is 4.06. The van der Waals surface area contributed by atoms with Crippen LogP contribution in [0.15, 0.2) is 36.7 Å². The van der Waals surface area contributed by atoms with Crippen molar-refractivity contribution in [2.24, 2.45) is 0 Å².